The molecular weight excluding hydrogens is 376 g/mol. The number of benzene rings is 1. The van der Waals surface area contributed by atoms with Crippen LogP contribution in [-0.2, 0) is 6.54 Å². The second kappa shape index (κ2) is 8.05. The first-order chi connectivity index (χ1) is 13.8. The molecule has 1 aromatic carbocycles. The van der Waals surface area contributed by atoms with E-state index in [2.05, 4.69) is 15.5 Å². The zero-order chi connectivity index (χ0) is 21.1. The molecule has 3 aromatic rings. The molecule has 3 rings (SSSR count). The van der Waals surface area contributed by atoms with Crippen molar-refractivity contribution in [2.24, 2.45) is 0 Å². The van der Waals surface area contributed by atoms with Crippen LogP contribution >= 0.6 is 0 Å². The number of carbonyl (C=O) groups is 1. The maximum Gasteiger partial charge on any atom is 0.272 e. The number of hydrogen-bond acceptors (Lipinski definition) is 6. The van der Waals surface area contributed by atoms with Gasteiger partial charge in [0.1, 0.15) is 0 Å². The van der Waals surface area contributed by atoms with E-state index < -0.39 is 4.92 Å². The number of hydrogen-bond donors (Lipinski definition) is 1. The Bertz CT molecular complexity index is 1150. The van der Waals surface area contributed by atoms with Crippen LogP contribution in [0.5, 0.6) is 0 Å². The van der Waals surface area contributed by atoms with Crippen molar-refractivity contribution in [3.8, 4) is 5.82 Å². The predicted molar refractivity (Wildman–Crippen MR) is 105 cm³/mol. The van der Waals surface area contributed by atoms with Crippen LogP contribution in [0.4, 0.5) is 5.69 Å². The maximum absolute atomic E-state index is 12.3. The van der Waals surface area contributed by atoms with E-state index in [1.807, 2.05) is 19.9 Å². The summed E-state index contributed by atoms with van der Waals surface area (Å²) in [6.45, 7) is 5.67. The first-order valence-corrected chi connectivity index (χ1v) is 8.91. The number of nitrogens with zero attached hydrogens (tertiary/aromatic N) is 5. The third-order valence-electron chi connectivity index (χ3n) is 4.34. The zero-order valence-corrected chi connectivity index (χ0v) is 16.2. The zero-order valence-electron chi connectivity index (χ0n) is 16.2. The van der Waals surface area contributed by atoms with Gasteiger partial charge in [-0.25, -0.2) is 9.36 Å². The third-order valence-corrected chi connectivity index (χ3v) is 4.34. The van der Waals surface area contributed by atoms with Gasteiger partial charge >= 0.3 is 0 Å². The van der Waals surface area contributed by atoms with Crippen LogP contribution in [0.3, 0.4) is 0 Å². The molecule has 0 aliphatic carbocycles. The monoisotopic (exact) mass is 396 g/mol. The molecular formula is C19H20N6O4. The highest BCUT2D eigenvalue weighted by Gasteiger charge is 2.14. The first-order valence-electron chi connectivity index (χ1n) is 8.91. The number of amides is 1. The van der Waals surface area contributed by atoms with E-state index in [0.717, 1.165) is 11.4 Å². The molecule has 2 aromatic heterocycles. The smallest absolute Gasteiger partial charge is 0.272 e. The van der Waals surface area contributed by atoms with Gasteiger partial charge < -0.3 is 5.32 Å². The van der Waals surface area contributed by atoms with E-state index in [1.165, 1.54) is 28.9 Å². The number of nitrogens with one attached hydrogen (secondary N) is 1. The standard InChI is InChI=1S/C19H20N6O4/c1-12-10-15(4-5-16(12)25(28)29)19(27)20-8-9-23-18(26)7-6-17(22-23)24-14(3)11-13(2)21-24/h4-7,10-11H,8-9H2,1-3H3,(H,20,27). The Hall–Kier alpha value is -3.82. The second-order valence-electron chi connectivity index (χ2n) is 6.61. The van der Waals surface area contributed by atoms with Crippen molar-refractivity contribution in [3.05, 3.63) is 79.4 Å². The van der Waals surface area contributed by atoms with Crippen LogP contribution in [0.2, 0.25) is 0 Å². The van der Waals surface area contributed by atoms with Crippen molar-refractivity contribution in [1.82, 2.24) is 24.9 Å². The summed E-state index contributed by atoms with van der Waals surface area (Å²) >= 11 is 0. The van der Waals surface area contributed by atoms with Gasteiger partial charge in [-0.05, 0) is 45.0 Å². The molecule has 0 bridgehead atoms. The molecule has 0 saturated heterocycles. The van der Waals surface area contributed by atoms with Crippen molar-refractivity contribution in [2.45, 2.75) is 27.3 Å². The molecule has 10 nitrogen and oxygen atoms in total. The number of aromatic nitrogens is 4. The van der Waals surface area contributed by atoms with Gasteiger partial charge in [0.05, 0.1) is 17.2 Å². The van der Waals surface area contributed by atoms with Crippen LogP contribution in [-0.4, -0.2) is 36.9 Å². The largest absolute Gasteiger partial charge is 0.350 e. The van der Waals surface area contributed by atoms with E-state index in [4.69, 9.17) is 0 Å². The fraction of sp³-hybridized carbons (Fsp3) is 0.263. The number of carbonyl (C=O) groups excluding carboxylic acids is 1. The summed E-state index contributed by atoms with van der Waals surface area (Å²) < 4.78 is 2.90. The highest BCUT2D eigenvalue weighted by atomic mass is 16.6. The fourth-order valence-electron chi connectivity index (χ4n) is 2.95. The molecule has 0 aliphatic rings. The minimum atomic E-state index is -0.495. The topological polar surface area (TPSA) is 125 Å². The van der Waals surface area contributed by atoms with Gasteiger partial charge in [0.15, 0.2) is 5.82 Å². The predicted octanol–water partition coefficient (Wildman–Crippen LogP) is 1.69. The number of aryl methyl sites for hydroxylation is 3. The number of nitro benzene ring substituents is 1. The van der Waals surface area contributed by atoms with Gasteiger partial charge in [0.25, 0.3) is 17.2 Å². The van der Waals surface area contributed by atoms with Crippen LogP contribution in [0, 0.1) is 30.9 Å². The molecule has 0 atom stereocenters. The minimum absolute atomic E-state index is 0.0433. The molecule has 0 saturated carbocycles. The maximum atomic E-state index is 12.3. The van der Waals surface area contributed by atoms with Crippen LogP contribution in [0.1, 0.15) is 27.3 Å². The summed E-state index contributed by atoms with van der Waals surface area (Å²) in [6, 6.07) is 9.06. The Balaban J connectivity index is 1.69. The quantitative estimate of drug-likeness (QED) is 0.499. The second-order valence-corrected chi connectivity index (χ2v) is 6.61. The van der Waals surface area contributed by atoms with Crippen molar-refractivity contribution in [2.75, 3.05) is 6.54 Å². The Kier molecular flexibility index (Phi) is 5.53. The summed E-state index contributed by atoms with van der Waals surface area (Å²) in [4.78, 5) is 34.7. The summed E-state index contributed by atoms with van der Waals surface area (Å²) in [6.07, 6.45) is 0. The summed E-state index contributed by atoms with van der Waals surface area (Å²) in [7, 11) is 0. The molecule has 2 heterocycles. The molecule has 0 spiro atoms. The molecule has 0 fully saturated rings. The van der Waals surface area contributed by atoms with E-state index in [-0.39, 0.29) is 30.2 Å². The average Bonchev–Trinajstić information content (AvgIpc) is 3.00. The summed E-state index contributed by atoms with van der Waals surface area (Å²) in [5.41, 5.74) is 2.10. The Morgan fingerprint density at radius 1 is 1.14 bits per heavy atom. The summed E-state index contributed by atoms with van der Waals surface area (Å²) in [5, 5.41) is 22.2. The lowest BCUT2D eigenvalue weighted by atomic mass is 10.1. The molecule has 10 heteroatoms. The van der Waals surface area contributed by atoms with Gasteiger partial charge in [0, 0.05) is 35.5 Å². The first kappa shape index (κ1) is 19.9. The molecule has 1 N–H and O–H groups in total. The third kappa shape index (κ3) is 4.37. The highest BCUT2D eigenvalue weighted by Crippen LogP contribution is 2.18. The summed E-state index contributed by atoms with van der Waals surface area (Å²) in [5.74, 6) is 0.123. The van der Waals surface area contributed by atoms with Crippen molar-refractivity contribution in [3.63, 3.8) is 0 Å². The lowest BCUT2D eigenvalue weighted by Crippen LogP contribution is -2.32. The Morgan fingerprint density at radius 3 is 2.52 bits per heavy atom. The highest BCUT2D eigenvalue weighted by molar-refractivity contribution is 5.94. The normalized spacial score (nSPS) is 10.7. The SMILES string of the molecule is Cc1cc(C)n(-c2ccc(=O)n(CCNC(=O)c3ccc([N+](=O)[O-])c(C)c3)n2)n1. The number of nitro groups is 1. The molecule has 0 unspecified atom stereocenters. The number of rotatable bonds is 6. The van der Waals surface area contributed by atoms with E-state index in [0.29, 0.717) is 16.9 Å². The van der Waals surface area contributed by atoms with Gasteiger partial charge in [0.2, 0.25) is 0 Å². The van der Waals surface area contributed by atoms with Crippen LogP contribution < -0.4 is 10.9 Å². The van der Waals surface area contributed by atoms with Crippen molar-refractivity contribution >= 4 is 11.6 Å². The Morgan fingerprint density at radius 2 is 1.90 bits per heavy atom. The van der Waals surface area contributed by atoms with Gasteiger partial charge in [-0.2, -0.15) is 5.10 Å². The molecule has 1 amide bonds. The molecule has 0 radical (unpaired) electrons. The van der Waals surface area contributed by atoms with E-state index in [1.54, 1.807) is 17.7 Å². The molecule has 0 aliphatic heterocycles. The average molecular weight is 396 g/mol. The molecule has 29 heavy (non-hydrogen) atoms. The van der Waals surface area contributed by atoms with Crippen LogP contribution in [0.15, 0.2) is 41.2 Å². The minimum Gasteiger partial charge on any atom is -0.350 e. The van der Waals surface area contributed by atoms with E-state index in [9.17, 15) is 19.7 Å². The Labute approximate surface area is 165 Å². The van der Waals surface area contributed by atoms with Crippen molar-refractivity contribution < 1.29 is 9.72 Å². The van der Waals surface area contributed by atoms with Gasteiger partial charge in [-0.1, -0.05) is 0 Å². The molecule has 150 valence electrons. The van der Waals surface area contributed by atoms with Crippen LogP contribution in [0.25, 0.3) is 5.82 Å². The van der Waals surface area contributed by atoms with Gasteiger partial charge in [-0.15, -0.1) is 5.10 Å². The lowest BCUT2D eigenvalue weighted by molar-refractivity contribution is -0.385. The van der Waals surface area contributed by atoms with Gasteiger partial charge in [-0.3, -0.25) is 19.7 Å². The van der Waals surface area contributed by atoms with Crippen molar-refractivity contribution in [1.29, 1.82) is 0 Å². The van der Waals surface area contributed by atoms with E-state index >= 15 is 0 Å². The fourth-order valence-corrected chi connectivity index (χ4v) is 2.95. The lowest BCUT2D eigenvalue weighted by Gasteiger charge is -2.09.